The predicted octanol–water partition coefficient (Wildman–Crippen LogP) is 4.69. The number of sulfone groups is 1. The van der Waals surface area contributed by atoms with E-state index in [1.807, 2.05) is 6.07 Å². The van der Waals surface area contributed by atoms with Crippen LogP contribution in [0.3, 0.4) is 0 Å². The number of unbranched alkanes of at least 4 members (excludes halogenated alkanes) is 3. The van der Waals surface area contributed by atoms with E-state index in [9.17, 15) is 22.8 Å². The highest BCUT2D eigenvalue weighted by molar-refractivity contribution is 7.91. The maximum absolute atomic E-state index is 13.3. The zero-order valence-electron chi connectivity index (χ0n) is 21.6. The molecule has 1 saturated carbocycles. The molecule has 0 bridgehead atoms. The molecular formula is C29H37NO7S. The number of rotatable bonds is 15. The molecule has 0 radical (unpaired) electrons. The Kier molecular flexibility index (Phi) is 11.5. The molecule has 9 heteroatoms. The highest BCUT2D eigenvalue weighted by Crippen LogP contribution is 2.27. The summed E-state index contributed by atoms with van der Waals surface area (Å²) in [4.78, 5) is 36.4. The van der Waals surface area contributed by atoms with Crippen LogP contribution < -0.4 is 5.48 Å². The van der Waals surface area contributed by atoms with Crippen LogP contribution in [0.4, 0.5) is 0 Å². The Balaban J connectivity index is 1.55. The van der Waals surface area contributed by atoms with E-state index in [1.54, 1.807) is 41.9 Å². The third kappa shape index (κ3) is 9.36. The fraction of sp³-hybridized carbons (Fsp3) is 0.483. The minimum absolute atomic E-state index is 0.0625. The monoisotopic (exact) mass is 543 g/mol. The standard InChI is InChI=1S/C29H37NO7S/c31-24(12-6-1-2-7-15-28(32)30-34)20-22-16-18-26(19-17-22)38(35,36)21-27(23-10-4-3-5-11-23)29(33)37-25-13-8-9-14-25/h3-5,10-11,16-19,25,27,34H,1-2,6-9,12-15,20-21H2,(H,30,32)/t27-/m0/s1. The van der Waals surface area contributed by atoms with E-state index in [4.69, 9.17) is 9.94 Å². The molecule has 38 heavy (non-hydrogen) atoms. The Bertz CT molecular complexity index is 1160. The van der Waals surface area contributed by atoms with Crippen LogP contribution in [0.15, 0.2) is 59.5 Å². The molecule has 1 atom stereocenters. The number of hydroxylamine groups is 1. The molecule has 2 aromatic carbocycles. The van der Waals surface area contributed by atoms with Crippen LogP contribution >= 0.6 is 0 Å². The molecule has 1 aliphatic rings. The van der Waals surface area contributed by atoms with Crippen molar-refractivity contribution >= 4 is 27.5 Å². The van der Waals surface area contributed by atoms with Gasteiger partial charge in [-0.25, -0.2) is 13.9 Å². The Morgan fingerprint density at radius 3 is 2.16 bits per heavy atom. The van der Waals surface area contributed by atoms with Crippen LogP contribution in [0.25, 0.3) is 0 Å². The van der Waals surface area contributed by atoms with Gasteiger partial charge in [-0.05, 0) is 61.8 Å². The van der Waals surface area contributed by atoms with Gasteiger partial charge >= 0.3 is 5.97 Å². The quantitative estimate of drug-likeness (QED) is 0.144. The van der Waals surface area contributed by atoms with Gasteiger partial charge in [-0.15, -0.1) is 0 Å². The molecule has 0 aliphatic heterocycles. The fourth-order valence-electron chi connectivity index (χ4n) is 4.70. The lowest BCUT2D eigenvalue weighted by atomic mass is 10.0. The smallest absolute Gasteiger partial charge is 0.314 e. The number of hydrogen-bond acceptors (Lipinski definition) is 7. The molecule has 3 rings (SSSR count). The molecule has 1 aliphatic carbocycles. The van der Waals surface area contributed by atoms with Gasteiger partial charge in [0.25, 0.3) is 0 Å². The van der Waals surface area contributed by atoms with Crippen LogP contribution in [0.1, 0.15) is 81.3 Å². The van der Waals surface area contributed by atoms with Crippen LogP contribution in [0.5, 0.6) is 0 Å². The molecule has 2 N–H and O–H groups in total. The van der Waals surface area contributed by atoms with E-state index < -0.39 is 27.6 Å². The van der Waals surface area contributed by atoms with Gasteiger partial charge in [0.1, 0.15) is 11.9 Å². The third-order valence-corrected chi connectivity index (χ3v) is 8.64. The van der Waals surface area contributed by atoms with Gasteiger partial charge in [-0.2, -0.15) is 0 Å². The number of benzene rings is 2. The maximum Gasteiger partial charge on any atom is 0.314 e. The van der Waals surface area contributed by atoms with Crippen molar-refractivity contribution in [1.29, 1.82) is 0 Å². The average molecular weight is 544 g/mol. The molecule has 0 spiro atoms. The lowest BCUT2D eigenvalue weighted by Crippen LogP contribution is -2.27. The van der Waals surface area contributed by atoms with E-state index in [0.717, 1.165) is 44.1 Å². The molecule has 8 nitrogen and oxygen atoms in total. The topological polar surface area (TPSA) is 127 Å². The Morgan fingerprint density at radius 1 is 0.895 bits per heavy atom. The number of ether oxygens (including phenoxy) is 1. The van der Waals surface area contributed by atoms with E-state index >= 15 is 0 Å². The van der Waals surface area contributed by atoms with Crippen molar-refractivity contribution in [3.63, 3.8) is 0 Å². The lowest BCUT2D eigenvalue weighted by molar-refractivity contribution is -0.150. The number of esters is 1. The lowest BCUT2D eigenvalue weighted by Gasteiger charge is -2.19. The molecule has 1 amide bonds. The summed E-state index contributed by atoms with van der Waals surface area (Å²) in [6.07, 6.45) is 7.34. The number of Topliss-reactive ketones (excluding diaryl/α,β-unsaturated/α-hetero) is 1. The van der Waals surface area contributed by atoms with Crippen molar-refractivity contribution in [2.75, 3.05) is 5.75 Å². The molecular weight excluding hydrogens is 506 g/mol. The number of carbonyl (C=O) groups excluding carboxylic acids is 3. The SMILES string of the molecule is O=C(CCCCCCC(=O)NO)Cc1ccc(S(=O)(=O)C[C@H](C(=O)OC2CCCC2)c2ccccc2)cc1. The van der Waals surface area contributed by atoms with Gasteiger partial charge < -0.3 is 4.74 Å². The summed E-state index contributed by atoms with van der Waals surface area (Å²) in [7, 11) is -3.79. The minimum atomic E-state index is -3.79. The van der Waals surface area contributed by atoms with Crippen molar-refractivity contribution in [2.24, 2.45) is 0 Å². The van der Waals surface area contributed by atoms with Crippen molar-refractivity contribution < 1.29 is 32.7 Å². The highest BCUT2D eigenvalue weighted by atomic mass is 32.2. The number of carbonyl (C=O) groups is 3. The van der Waals surface area contributed by atoms with Crippen LogP contribution in [0, 0.1) is 0 Å². The van der Waals surface area contributed by atoms with Crippen molar-refractivity contribution in [2.45, 2.75) is 87.5 Å². The summed E-state index contributed by atoms with van der Waals surface area (Å²) in [6, 6.07) is 15.1. The second kappa shape index (κ2) is 14.8. The van der Waals surface area contributed by atoms with Gasteiger partial charge in [-0.3, -0.25) is 19.6 Å². The first-order valence-electron chi connectivity index (χ1n) is 13.3. The zero-order chi connectivity index (χ0) is 27.4. The molecule has 0 unspecified atom stereocenters. The molecule has 206 valence electrons. The largest absolute Gasteiger partial charge is 0.462 e. The number of ketones is 1. The van der Waals surface area contributed by atoms with Gasteiger partial charge in [0.05, 0.1) is 16.6 Å². The van der Waals surface area contributed by atoms with Crippen molar-refractivity contribution in [3.05, 3.63) is 65.7 Å². The van der Waals surface area contributed by atoms with E-state index in [2.05, 4.69) is 0 Å². The van der Waals surface area contributed by atoms with Gasteiger partial charge in [-0.1, -0.05) is 55.3 Å². The van der Waals surface area contributed by atoms with Gasteiger partial charge in [0.2, 0.25) is 5.91 Å². The predicted molar refractivity (Wildman–Crippen MR) is 142 cm³/mol. The zero-order valence-corrected chi connectivity index (χ0v) is 22.5. The minimum Gasteiger partial charge on any atom is -0.462 e. The first-order chi connectivity index (χ1) is 18.3. The summed E-state index contributed by atoms with van der Waals surface area (Å²) in [6.45, 7) is 0. The molecule has 0 heterocycles. The Morgan fingerprint density at radius 2 is 1.53 bits per heavy atom. The van der Waals surface area contributed by atoms with E-state index in [1.165, 1.54) is 12.1 Å². The Hall–Kier alpha value is -3.04. The summed E-state index contributed by atoms with van der Waals surface area (Å²) < 4.78 is 32.2. The van der Waals surface area contributed by atoms with Crippen LogP contribution in [0.2, 0.25) is 0 Å². The maximum atomic E-state index is 13.3. The number of hydrogen-bond donors (Lipinski definition) is 2. The second-order valence-corrected chi connectivity index (χ2v) is 11.9. The summed E-state index contributed by atoms with van der Waals surface area (Å²) in [5.74, 6) is -2.16. The van der Waals surface area contributed by atoms with E-state index in [-0.39, 0.29) is 35.4 Å². The van der Waals surface area contributed by atoms with Crippen LogP contribution in [-0.2, 0) is 35.4 Å². The Labute approximate surface area is 224 Å². The second-order valence-electron chi connectivity index (χ2n) is 9.90. The molecule has 0 aromatic heterocycles. The summed E-state index contributed by atoms with van der Waals surface area (Å²) >= 11 is 0. The molecule has 2 aromatic rings. The summed E-state index contributed by atoms with van der Waals surface area (Å²) in [5, 5.41) is 8.47. The number of nitrogens with one attached hydrogen (secondary N) is 1. The third-order valence-electron chi connectivity index (χ3n) is 6.88. The molecule has 1 fully saturated rings. The van der Waals surface area contributed by atoms with Gasteiger partial charge in [0.15, 0.2) is 9.84 Å². The first kappa shape index (κ1) is 29.5. The van der Waals surface area contributed by atoms with Gasteiger partial charge in [0, 0.05) is 19.3 Å². The highest BCUT2D eigenvalue weighted by Gasteiger charge is 2.32. The van der Waals surface area contributed by atoms with Crippen molar-refractivity contribution in [3.8, 4) is 0 Å². The van der Waals surface area contributed by atoms with Crippen molar-refractivity contribution in [1.82, 2.24) is 5.48 Å². The number of amides is 1. The van der Waals surface area contributed by atoms with Crippen LogP contribution in [-0.4, -0.2) is 43.1 Å². The summed E-state index contributed by atoms with van der Waals surface area (Å²) in [5.41, 5.74) is 2.94. The molecule has 0 saturated heterocycles. The van der Waals surface area contributed by atoms with E-state index in [0.29, 0.717) is 24.8 Å². The fourth-order valence-corrected chi connectivity index (χ4v) is 6.21. The average Bonchev–Trinajstić information content (AvgIpc) is 3.43. The normalized spacial score (nSPS) is 14.7. The first-order valence-corrected chi connectivity index (χ1v) is 15.0.